The van der Waals surface area contributed by atoms with Crippen LogP contribution in [0.3, 0.4) is 0 Å². The summed E-state index contributed by atoms with van der Waals surface area (Å²) in [5.41, 5.74) is 1.63. The van der Waals surface area contributed by atoms with Crippen LogP contribution in [0.5, 0.6) is 0 Å². The first-order chi connectivity index (χ1) is 6.79. The number of nitrogens with zero attached hydrogens (tertiary/aromatic N) is 1. The second kappa shape index (κ2) is 4.09. The van der Waals surface area contributed by atoms with E-state index in [0.717, 1.165) is 13.0 Å². The Morgan fingerprint density at radius 1 is 1.50 bits per heavy atom. The quantitative estimate of drug-likeness (QED) is 0.773. The van der Waals surface area contributed by atoms with Gasteiger partial charge in [0.25, 0.3) is 0 Å². The monoisotopic (exact) mass is 190 g/mol. The summed E-state index contributed by atoms with van der Waals surface area (Å²) < 4.78 is 0. The van der Waals surface area contributed by atoms with Gasteiger partial charge in [0.1, 0.15) is 0 Å². The summed E-state index contributed by atoms with van der Waals surface area (Å²) in [6.45, 7) is 3.48. The maximum atomic E-state index is 4.15. The second-order valence-corrected chi connectivity index (χ2v) is 4.48. The van der Waals surface area contributed by atoms with E-state index < -0.39 is 0 Å². The van der Waals surface area contributed by atoms with Crippen molar-refractivity contribution in [3.05, 3.63) is 30.1 Å². The van der Waals surface area contributed by atoms with Gasteiger partial charge < -0.3 is 5.32 Å². The predicted octanol–water partition coefficient (Wildman–Crippen LogP) is 2.16. The molecule has 14 heavy (non-hydrogen) atoms. The van der Waals surface area contributed by atoms with Crippen LogP contribution in [-0.2, 0) is 6.42 Å². The molecular formula is C12H18N2. The molecule has 2 rings (SSSR count). The SMILES string of the molecule is CC1(Cc2cccnc2)CCCCN1. The van der Waals surface area contributed by atoms with E-state index >= 15 is 0 Å². The zero-order valence-electron chi connectivity index (χ0n) is 8.79. The van der Waals surface area contributed by atoms with Crippen LogP contribution in [0.15, 0.2) is 24.5 Å². The fourth-order valence-corrected chi connectivity index (χ4v) is 2.22. The standard InChI is InChI=1S/C12H18N2/c1-12(6-2-3-8-14-12)9-11-5-4-7-13-10-11/h4-5,7,10,14H,2-3,6,8-9H2,1H3. The van der Waals surface area contributed by atoms with Crippen molar-refractivity contribution in [1.82, 2.24) is 10.3 Å². The summed E-state index contributed by atoms with van der Waals surface area (Å²) in [5.74, 6) is 0. The van der Waals surface area contributed by atoms with Gasteiger partial charge in [-0.15, -0.1) is 0 Å². The maximum Gasteiger partial charge on any atom is 0.0300 e. The summed E-state index contributed by atoms with van der Waals surface area (Å²) in [4.78, 5) is 4.15. The molecule has 1 aromatic rings. The van der Waals surface area contributed by atoms with Crippen LogP contribution < -0.4 is 5.32 Å². The largest absolute Gasteiger partial charge is 0.311 e. The summed E-state index contributed by atoms with van der Waals surface area (Å²) in [5, 5.41) is 3.62. The molecule has 0 aromatic carbocycles. The van der Waals surface area contributed by atoms with Crippen LogP contribution in [-0.4, -0.2) is 17.1 Å². The van der Waals surface area contributed by atoms with Gasteiger partial charge in [-0.2, -0.15) is 0 Å². The van der Waals surface area contributed by atoms with Crippen LogP contribution in [0.1, 0.15) is 31.7 Å². The molecular weight excluding hydrogens is 172 g/mol. The molecule has 0 saturated carbocycles. The lowest BCUT2D eigenvalue weighted by Crippen LogP contribution is -2.47. The molecule has 2 heteroatoms. The van der Waals surface area contributed by atoms with Gasteiger partial charge >= 0.3 is 0 Å². The lowest BCUT2D eigenvalue weighted by Gasteiger charge is -2.35. The number of piperidine rings is 1. The van der Waals surface area contributed by atoms with E-state index in [4.69, 9.17) is 0 Å². The first kappa shape index (κ1) is 9.66. The van der Waals surface area contributed by atoms with E-state index in [0.29, 0.717) is 5.54 Å². The molecule has 0 spiro atoms. The molecule has 76 valence electrons. The molecule has 2 nitrogen and oxygen atoms in total. The Balaban J connectivity index is 2.02. The fraction of sp³-hybridized carbons (Fsp3) is 0.583. The first-order valence-corrected chi connectivity index (χ1v) is 5.42. The van der Waals surface area contributed by atoms with Crippen molar-refractivity contribution in [1.29, 1.82) is 0 Å². The zero-order valence-corrected chi connectivity index (χ0v) is 8.79. The Morgan fingerprint density at radius 2 is 2.43 bits per heavy atom. The number of hydrogen-bond donors (Lipinski definition) is 1. The van der Waals surface area contributed by atoms with Gasteiger partial charge in [0.05, 0.1) is 0 Å². The van der Waals surface area contributed by atoms with Crippen LogP contribution >= 0.6 is 0 Å². The molecule has 0 amide bonds. The highest BCUT2D eigenvalue weighted by atomic mass is 15.0. The Morgan fingerprint density at radius 3 is 3.07 bits per heavy atom. The van der Waals surface area contributed by atoms with Crippen molar-refractivity contribution in [2.24, 2.45) is 0 Å². The van der Waals surface area contributed by atoms with Gasteiger partial charge in [-0.05, 0) is 44.4 Å². The molecule has 2 heterocycles. The number of pyridine rings is 1. The van der Waals surface area contributed by atoms with Crippen molar-refractivity contribution < 1.29 is 0 Å². The van der Waals surface area contributed by atoms with Crippen molar-refractivity contribution in [2.75, 3.05) is 6.54 Å². The molecule has 1 atom stereocenters. The Labute approximate surface area is 85.7 Å². The lowest BCUT2D eigenvalue weighted by atomic mass is 9.85. The smallest absolute Gasteiger partial charge is 0.0300 e. The molecule has 1 fully saturated rings. The van der Waals surface area contributed by atoms with E-state index in [1.807, 2.05) is 18.5 Å². The third-order valence-electron chi connectivity index (χ3n) is 3.02. The zero-order chi connectivity index (χ0) is 9.86. The number of rotatable bonds is 2. The minimum Gasteiger partial charge on any atom is -0.311 e. The predicted molar refractivity (Wildman–Crippen MR) is 58.2 cm³/mol. The van der Waals surface area contributed by atoms with Crippen molar-refractivity contribution in [2.45, 2.75) is 38.1 Å². The molecule has 1 unspecified atom stereocenters. The average Bonchev–Trinajstić information content (AvgIpc) is 2.19. The van der Waals surface area contributed by atoms with E-state index in [9.17, 15) is 0 Å². The van der Waals surface area contributed by atoms with E-state index in [1.54, 1.807) is 0 Å². The minimum atomic E-state index is 0.293. The molecule has 0 radical (unpaired) electrons. The van der Waals surface area contributed by atoms with Crippen molar-refractivity contribution in [3.63, 3.8) is 0 Å². The molecule has 1 N–H and O–H groups in total. The summed E-state index contributed by atoms with van der Waals surface area (Å²) in [7, 11) is 0. The molecule has 1 aliphatic heterocycles. The van der Waals surface area contributed by atoms with Crippen LogP contribution in [0.2, 0.25) is 0 Å². The number of hydrogen-bond acceptors (Lipinski definition) is 2. The topological polar surface area (TPSA) is 24.9 Å². The summed E-state index contributed by atoms with van der Waals surface area (Å²) >= 11 is 0. The van der Waals surface area contributed by atoms with Gasteiger partial charge in [0.15, 0.2) is 0 Å². The molecule has 0 bridgehead atoms. The third-order valence-corrected chi connectivity index (χ3v) is 3.02. The fourth-order valence-electron chi connectivity index (χ4n) is 2.22. The highest BCUT2D eigenvalue weighted by molar-refractivity contribution is 5.13. The molecule has 1 aliphatic rings. The molecule has 1 aromatic heterocycles. The molecule has 0 aliphatic carbocycles. The lowest BCUT2D eigenvalue weighted by molar-refractivity contribution is 0.276. The van der Waals surface area contributed by atoms with Gasteiger partial charge in [0, 0.05) is 17.9 Å². The van der Waals surface area contributed by atoms with Crippen LogP contribution in [0, 0.1) is 0 Å². The maximum absolute atomic E-state index is 4.15. The van der Waals surface area contributed by atoms with Crippen LogP contribution in [0.25, 0.3) is 0 Å². The Hall–Kier alpha value is -0.890. The van der Waals surface area contributed by atoms with Gasteiger partial charge in [0.2, 0.25) is 0 Å². The average molecular weight is 190 g/mol. The Bertz CT molecular complexity index is 276. The summed E-state index contributed by atoms with van der Waals surface area (Å²) in [6, 6.07) is 4.18. The normalized spacial score (nSPS) is 27.5. The van der Waals surface area contributed by atoms with Gasteiger partial charge in [-0.3, -0.25) is 4.98 Å². The van der Waals surface area contributed by atoms with Crippen molar-refractivity contribution in [3.8, 4) is 0 Å². The minimum absolute atomic E-state index is 0.293. The highest BCUT2D eigenvalue weighted by Gasteiger charge is 2.26. The second-order valence-electron chi connectivity index (χ2n) is 4.48. The highest BCUT2D eigenvalue weighted by Crippen LogP contribution is 2.22. The third kappa shape index (κ3) is 2.32. The van der Waals surface area contributed by atoms with Crippen molar-refractivity contribution >= 4 is 0 Å². The van der Waals surface area contributed by atoms with Crippen LogP contribution in [0.4, 0.5) is 0 Å². The number of nitrogens with one attached hydrogen (secondary N) is 1. The molecule has 1 saturated heterocycles. The van der Waals surface area contributed by atoms with Gasteiger partial charge in [-0.25, -0.2) is 0 Å². The number of aromatic nitrogens is 1. The van der Waals surface area contributed by atoms with E-state index in [-0.39, 0.29) is 0 Å². The van der Waals surface area contributed by atoms with E-state index in [2.05, 4.69) is 23.3 Å². The Kier molecular flexibility index (Phi) is 2.82. The van der Waals surface area contributed by atoms with Gasteiger partial charge in [-0.1, -0.05) is 12.5 Å². The van der Waals surface area contributed by atoms with E-state index in [1.165, 1.54) is 24.8 Å². The summed E-state index contributed by atoms with van der Waals surface area (Å²) in [6.07, 6.45) is 8.86. The first-order valence-electron chi connectivity index (χ1n) is 5.42.